The van der Waals surface area contributed by atoms with Crippen LogP contribution < -0.4 is 0 Å². The standard InChI is InChI=1S/C12H13ClO3/c1-3-11(14)10-6-8(12(15)16-2)4-5-9(10)7-13/h4-6H,3,7H2,1-2H3. The van der Waals surface area contributed by atoms with Crippen LogP contribution >= 0.6 is 11.6 Å². The number of esters is 1. The number of rotatable bonds is 4. The zero-order valence-corrected chi connectivity index (χ0v) is 10.0. The molecule has 1 aromatic rings. The van der Waals surface area contributed by atoms with Gasteiger partial charge in [-0.05, 0) is 17.7 Å². The summed E-state index contributed by atoms with van der Waals surface area (Å²) in [6.45, 7) is 1.77. The first-order chi connectivity index (χ1) is 7.63. The van der Waals surface area contributed by atoms with Crippen LogP contribution in [-0.4, -0.2) is 18.9 Å². The van der Waals surface area contributed by atoms with Gasteiger partial charge in [0.05, 0.1) is 12.7 Å². The molecular formula is C12H13ClO3. The Morgan fingerprint density at radius 1 is 1.38 bits per heavy atom. The van der Waals surface area contributed by atoms with E-state index in [1.165, 1.54) is 13.2 Å². The summed E-state index contributed by atoms with van der Waals surface area (Å²) in [4.78, 5) is 23.0. The number of benzene rings is 1. The fraction of sp³-hybridized carbons (Fsp3) is 0.333. The predicted molar refractivity (Wildman–Crippen MR) is 62.0 cm³/mol. The molecule has 0 saturated carbocycles. The summed E-state index contributed by atoms with van der Waals surface area (Å²) in [5, 5.41) is 0. The van der Waals surface area contributed by atoms with Crippen molar-refractivity contribution in [2.75, 3.05) is 7.11 Å². The molecule has 0 spiro atoms. The van der Waals surface area contributed by atoms with Gasteiger partial charge in [0, 0.05) is 17.9 Å². The van der Waals surface area contributed by atoms with Gasteiger partial charge in [-0.25, -0.2) is 4.79 Å². The molecule has 0 unspecified atom stereocenters. The lowest BCUT2D eigenvalue weighted by molar-refractivity contribution is 0.0600. The van der Waals surface area contributed by atoms with Crippen LogP contribution in [-0.2, 0) is 10.6 Å². The van der Waals surface area contributed by atoms with E-state index in [1.54, 1.807) is 19.1 Å². The van der Waals surface area contributed by atoms with E-state index in [4.69, 9.17) is 11.6 Å². The summed E-state index contributed by atoms with van der Waals surface area (Å²) in [5.74, 6) is -0.226. The second-order valence-corrected chi connectivity index (χ2v) is 3.54. The Morgan fingerprint density at radius 2 is 2.06 bits per heavy atom. The van der Waals surface area contributed by atoms with E-state index >= 15 is 0 Å². The second kappa shape index (κ2) is 5.66. The largest absolute Gasteiger partial charge is 0.465 e. The van der Waals surface area contributed by atoms with Crippen molar-refractivity contribution in [3.63, 3.8) is 0 Å². The highest BCUT2D eigenvalue weighted by molar-refractivity contribution is 6.18. The Hall–Kier alpha value is -1.35. The molecule has 0 bridgehead atoms. The van der Waals surface area contributed by atoms with E-state index in [9.17, 15) is 9.59 Å². The van der Waals surface area contributed by atoms with E-state index < -0.39 is 5.97 Å². The van der Waals surface area contributed by atoms with Crippen molar-refractivity contribution in [2.24, 2.45) is 0 Å². The lowest BCUT2D eigenvalue weighted by Gasteiger charge is -2.07. The summed E-state index contributed by atoms with van der Waals surface area (Å²) >= 11 is 5.73. The third-order valence-electron chi connectivity index (χ3n) is 2.30. The van der Waals surface area contributed by atoms with Gasteiger partial charge in [0.25, 0.3) is 0 Å². The van der Waals surface area contributed by atoms with Gasteiger partial charge in [0.1, 0.15) is 0 Å². The Balaban J connectivity index is 3.21. The normalized spacial score (nSPS) is 9.94. The van der Waals surface area contributed by atoms with Gasteiger partial charge in [-0.15, -0.1) is 11.6 Å². The number of ketones is 1. The van der Waals surface area contributed by atoms with Gasteiger partial charge in [-0.3, -0.25) is 4.79 Å². The van der Waals surface area contributed by atoms with Gasteiger partial charge in [-0.2, -0.15) is 0 Å². The maximum absolute atomic E-state index is 11.6. The number of halogens is 1. The molecule has 16 heavy (non-hydrogen) atoms. The van der Waals surface area contributed by atoms with E-state index in [-0.39, 0.29) is 11.7 Å². The molecule has 1 aromatic carbocycles. The molecule has 0 aromatic heterocycles. The molecule has 0 fully saturated rings. The number of hydrogen-bond donors (Lipinski definition) is 0. The number of hydrogen-bond acceptors (Lipinski definition) is 3. The van der Waals surface area contributed by atoms with Crippen LogP contribution in [0.3, 0.4) is 0 Å². The summed E-state index contributed by atoms with van der Waals surface area (Å²) in [6, 6.07) is 4.83. The van der Waals surface area contributed by atoms with E-state index in [0.717, 1.165) is 5.56 Å². The number of alkyl halides is 1. The molecule has 4 heteroatoms. The zero-order chi connectivity index (χ0) is 12.1. The Bertz CT molecular complexity index is 413. The van der Waals surface area contributed by atoms with E-state index in [2.05, 4.69) is 4.74 Å². The highest BCUT2D eigenvalue weighted by Gasteiger charge is 2.13. The minimum Gasteiger partial charge on any atom is -0.465 e. The maximum Gasteiger partial charge on any atom is 0.337 e. The summed E-state index contributed by atoms with van der Waals surface area (Å²) in [5.41, 5.74) is 1.61. The monoisotopic (exact) mass is 240 g/mol. The molecule has 0 atom stereocenters. The molecule has 0 radical (unpaired) electrons. The Morgan fingerprint density at radius 3 is 2.56 bits per heavy atom. The van der Waals surface area contributed by atoms with Crippen molar-refractivity contribution in [1.29, 1.82) is 0 Å². The number of Topliss-reactive ketones (excluding diaryl/α,β-unsaturated/α-hetero) is 1. The van der Waals surface area contributed by atoms with Crippen LogP contribution in [0.5, 0.6) is 0 Å². The highest BCUT2D eigenvalue weighted by Crippen LogP contribution is 2.17. The molecule has 3 nitrogen and oxygen atoms in total. The smallest absolute Gasteiger partial charge is 0.337 e. The fourth-order valence-corrected chi connectivity index (χ4v) is 1.62. The average Bonchev–Trinajstić information content (AvgIpc) is 2.35. The number of carbonyl (C=O) groups is 2. The number of carbonyl (C=O) groups excluding carboxylic acids is 2. The van der Waals surface area contributed by atoms with Crippen molar-refractivity contribution in [3.05, 3.63) is 34.9 Å². The zero-order valence-electron chi connectivity index (χ0n) is 9.25. The quantitative estimate of drug-likeness (QED) is 0.462. The number of methoxy groups -OCH3 is 1. The first-order valence-electron chi connectivity index (χ1n) is 4.94. The lowest BCUT2D eigenvalue weighted by atomic mass is 10.00. The fourth-order valence-electron chi connectivity index (χ4n) is 1.39. The average molecular weight is 241 g/mol. The van der Waals surface area contributed by atoms with Gasteiger partial charge in [-0.1, -0.05) is 13.0 Å². The lowest BCUT2D eigenvalue weighted by Crippen LogP contribution is -2.07. The van der Waals surface area contributed by atoms with Crippen molar-refractivity contribution in [1.82, 2.24) is 0 Å². The van der Waals surface area contributed by atoms with Crippen molar-refractivity contribution < 1.29 is 14.3 Å². The Kier molecular flexibility index (Phi) is 4.50. The molecule has 0 aliphatic rings. The molecule has 0 saturated heterocycles. The molecule has 0 aliphatic heterocycles. The van der Waals surface area contributed by atoms with Gasteiger partial charge in [0.2, 0.25) is 0 Å². The van der Waals surface area contributed by atoms with Gasteiger partial charge >= 0.3 is 5.97 Å². The van der Waals surface area contributed by atoms with Crippen LogP contribution in [0.2, 0.25) is 0 Å². The van der Waals surface area contributed by atoms with Crippen LogP contribution in [0.15, 0.2) is 18.2 Å². The third-order valence-corrected chi connectivity index (χ3v) is 2.58. The molecule has 86 valence electrons. The van der Waals surface area contributed by atoms with Crippen LogP contribution in [0.1, 0.15) is 39.6 Å². The van der Waals surface area contributed by atoms with Crippen molar-refractivity contribution in [2.45, 2.75) is 19.2 Å². The minimum atomic E-state index is -0.453. The summed E-state index contributed by atoms with van der Waals surface area (Å²) < 4.78 is 4.59. The molecule has 0 amide bonds. The number of ether oxygens (including phenoxy) is 1. The second-order valence-electron chi connectivity index (χ2n) is 3.27. The van der Waals surface area contributed by atoms with Gasteiger partial charge < -0.3 is 4.74 Å². The van der Waals surface area contributed by atoms with Crippen LogP contribution in [0.4, 0.5) is 0 Å². The SMILES string of the molecule is CCC(=O)c1cc(C(=O)OC)ccc1CCl. The molecular weight excluding hydrogens is 228 g/mol. The minimum absolute atomic E-state index is 0.0265. The predicted octanol–water partition coefficient (Wildman–Crippen LogP) is 2.80. The van der Waals surface area contributed by atoms with E-state index in [0.29, 0.717) is 17.5 Å². The molecule has 0 aliphatic carbocycles. The van der Waals surface area contributed by atoms with Crippen LogP contribution in [0.25, 0.3) is 0 Å². The summed E-state index contributed by atoms with van der Waals surface area (Å²) in [6.07, 6.45) is 0.383. The van der Waals surface area contributed by atoms with Crippen molar-refractivity contribution in [3.8, 4) is 0 Å². The molecule has 0 N–H and O–H groups in total. The first-order valence-corrected chi connectivity index (χ1v) is 5.47. The van der Waals surface area contributed by atoms with Gasteiger partial charge in [0.15, 0.2) is 5.78 Å². The molecule has 1 rings (SSSR count). The first kappa shape index (κ1) is 12.7. The maximum atomic E-state index is 11.6. The molecule has 0 heterocycles. The van der Waals surface area contributed by atoms with Crippen LogP contribution in [0, 0.1) is 0 Å². The van der Waals surface area contributed by atoms with Crippen molar-refractivity contribution >= 4 is 23.4 Å². The highest BCUT2D eigenvalue weighted by atomic mass is 35.5. The topological polar surface area (TPSA) is 43.4 Å². The third kappa shape index (κ3) is 2.61. The Labute approximate surface area is 99.4 Å². The summed E-state index contributed by atoms with van der Waals surface area (Å²) in [7, 11) is 1.30. The van der Waals surface area contributed by atoms with E-state index in [1.807, 2.05) is 0 Å².